The van der Waals surface area contributed by atoms with Gasteiger partial charge in [-0.05, 0) is 18.7 Å². The van der Waals surface area contributed by atoms with Crippen LogP contribution in [0.3, 0.4) is 0 Å². The lowest BCUT2D eigenvalue weighted by atomic mass is 10.1. The zero-order valence-electron chi connectivity index (χ0n) is 10.1. The summed E-state index contributed by atoms with van der Waals surface area (Å²) in [5, 5.41) is 13.9. The summed E-state index contributed by atoms with van der Waals surface area (Å²) in [7, 11) is 0. The summed E-state index contributed by atoms with van der Waals surface area (Å²) in [6, 6.07) is 10.1. The number of nitro benzene ring substituents is 1. The van der Waals surface area contributed by atoms with Gasteiger partial charge in [0.25, 0.3) is 5.69 Å². The van der Waals surface area contributed by atoms with E-state index in [9.17, 15) is 10.1 Å². The van der Waals surface area contributed by atoms with Gasteiger partial charge < -0.3 is 9.73 Å². The van der Waals surface area contributed by atoms with E-state index in [1.807, 2.05) is 19.1 Å². The Kier molecular flexibility index (Phi) is 3.74. The maximum absolute atomic E-state index is 10.7. The molecule has 0 radical (unpaired) electrons. The summed E-state index contributed by atoms with van der Waals surface area (Å²) in [6.45, 7) is 3.54. The monoisotopic (exact) mass is 246 g/mol. The maximum atomic E-state index is 10.7. The van der Waals surface area contributed by atoms with E-state index in [1.54, 1.807) is 12.1 Å². The molecular weight excluding hydrogens is 232 g/mol. The number of furan rings is 1. The van der Waals surface area contributed by atoms with Gasteiger partial charge in [0.2, 0.25) is 0 Å². The van der Waals surface area contributed by atoms with E-state index in [2.05, 4.69) is 5.32 Å². The number of nitro groups is 1. The highest BCUT2D eigenvalue weighted by atomic mass is 16.6. The fourth-order valence-corrected chi connectivity index (χ4v) is 1.65. The van der Waals surface area contributed by atoms with Crippen LogP contribution in [0.15, 0.2) is 40.8 Å². The molecule has 0 amide bonds. The number of benzene rings is 1. The van der Waals surface area contributed by atoms with Crippen molar-refractivity contribution in [2.24, 2.45) is 0 Å². The molecule has 0 fully saturated rings. The van der Waals surface area contributed by atoms with Crippen molar-refractivity contribution in [3.8, 4) is 11.3 Å². The second kappa shape index (κ2) is 5.46. The molecule has 0 saturated heterocycles. The molecule has 0 saturated carbocycles. The number of rotatable bonds is 5. The van der Waals surface area contributed by atoms with Crippen LogP contribution in [-0.4, -0.2) is 11.5 Å². The first-order valence-corrected chi connectivity index (χ1v) is 5.75. The van der Waals surface area contributed by atoms with Crippen molar-refractivity contribution in [3.63, 3.8) is 0 Å². The predicted molar refractivity (Wildman–Crippen MR) is 68.2 cm³/mol. The van der Waals surface area contributed by atoms with Gasteiger partial charge in [0.1, 0.15) is 11.5 Å². The fourth-order valence-electron chi connectivity index (χ4n) is 1.65. The molecule has 0 aliphatic heterocycles. The van der Waals surface area contributed by atoms with Gasteiger partial charge in [-0.1, -0.05) is 19.1 Å². The molecule has 1 N–H and O–H groups in total. The highest BCUT2D eigenvalue weighted by Crippen LogP contribution is 2.25. The van der Waals surface area contributed by atoms with E-state index >= 15 is 0 Å². The molecule has 0 spiro atoms. The highest BCUT2D eigenvalue weighted by molar-refractivity contribution is 5.61. The molecule has 2 rings (SSSR count). The third kappa shape index (κ3) is 2.75. The summed E-state index contributed by atoms with van der Waals surface area (Å²) in [6.07, 6.45) is 0. The largest absolute Gasteiger partial charge is 0.460 e. The van der Waals surface area contributed by atoms with Gasteiger partial charge in [-0.25, -0.2) is 0 Å². The van der Waals surface area contributed by atoms with Crippen molar-refractivity contribution >= 4 is 5.69 Å². The van der Waals surface area contributed by atoms with Gasteiger partial charge in [-0.15, -0.1) is 0 Å². The van der Waals surface area contributed by atoms with Crippen molar-refractivity contribution in [1.82, 2.24) is 5.32 Å². The lowest BCUT2D eigenvalue weighted by Crippen LogP contribution is -2.10. The smallest absolute Gasteiger partial charge is 0.270 e. The van der Waals surface area contributed by atoms with Crippen molar-refractivity contribution < 1.29 is 9.34 Å². The molecule has 0 unspecified atom stereocenters. The molecule has 5 nitrogen and oxygen atoms in total. The molecule has 2 aromatic rings. The van der Waals surface area contributed by atoms with Gasteiger partial charge in [-0.3, -0.25) is 10.1 Å². The Hall–Kier alpha value is -2.14. The third-order valence-electron chi connectivity index (χ3n) is 2.55. The van der Waals surface area contributed by atoms with Crippen molar-refractivity contribution in [2.75, 3.05) is 6.54 Å². The normalized spacial score (nSPS) is 10.5. The lowest BCUT2D eigenvalue weighted by Gasteiger charge is -1.99. The van der Waals surface area contributed by atoms with Gasteiger partial charge in [-0.2, -0.15) is 0 Å². The number of nitrogens with zero attached hydrogens (tertiary/aromatic N) is 1. The van der Waals surface area contributed by atoms with Crippen LogP contribution in [0.25, 0.3) is 11.3 Å². The molecule has 0 aliphatic rings. The summed E-state index contributed by atoms with van der Waals surface area (Å²) < 4.78 is 5.62. The number of non-ortho nitro benzene ring substituents is 1. The topological polar surface area (TPSA) is 68.3 Å². The van der Waals surface area contributed by atoms with Crippen molar-refractivity contribution in [1.29, 1.82) is 0 Å². The molecule has 1 aromatic carbocycles. The molecule has 18 heavy (non-hydrogen) atoms. The summed E-state index contributed by atoms with van der Waals surface area (Å²) in [5.74, 6) is 1.46. The Bertz CT molecular complexity index is 549. The summed E-state index contributed by atoms with van der Waals surface area (Å²) >= 11 is 0. The van der Waals surface area contributed by atoms with Gasteiger partial charge >= 0.3 is 0 Å². The van der Waals surface area contributed by atoms with Gasteiger partial charge in [0.15, 0.2) is 0 Å². The van der Waals surface area contributed by atoms with Crippen LogP contribution < -0.4 is 5.32 Å². The number of hydrogen-bond acceptors (Lipinski definition) is 4. The SMILES string of the molecule is CCNCc1ccc(-c2cccc([N+](=O)[O-])c2)o1. The Morgan fingerprint density at radius 1 is 1.33 bits per heavy atom. The Labute approximate surface area is 105 Å². The summed E-state index contributed by atoms with van der Waals surface area (Å²) in [4.78, 5) is 10.3. The number of nitrogens with one attached hydrogen (secondary N) is 1. The van der Waals surface area contributed by atoms with Crippen molar-refractivity contribution in [3.05, 3.63) is 52.3 Å². The third-order valence-corrected chi connectivity index (χ3v) is 2.55. The van der Waals surface area contributed by atoms with Crippen LogP contribution in [0.5, 0.6) is 0 Å². The molecule has 5 heteroatoms. The van der Waals surface area contributed by atoms with Crippen LogP contribution in [-0.2, 0) is 6.54 Å². The lowest BCUT2D eigenvalue weighted by molar-refractivity contribution is -0.384. The second-order valence-electron chi connectivity index (χ2n) is 3.85. The van der Waals surface area contributed by atoms with Gasteiger partial charge in [0.05, 0.1) is 11.5 Å². The Morgan fingerprint density at radius 3 is 2.89 bits per heavy atom. The Balaban J connectivity index is 2.23. The minimum Gasteiger partial charge on any atom is -0.460 e. The molecule has 1 heterocycles. The summed E-state index contributed by atoms with van der Waals surface area (Å²) in [5.41, 5.74) is 0.782. The second-order valence-corrected chi connectivity index (χ2v) is 3.85. The van der Waals surface area contributed by atoms with E-state index in [0.29, 0.717) is 17.9 Å². The molecule has 94 valence electrons. The van der Waals surface area contributed by atoms with Crippen LogP contribution in [0.2, 0.25) is 0 Å². The average molecular weight is 246 g/mol. The molecule has 0 atom stereocenters. The van der Waals surface area contributed by atoms with Crippen molar-refractivity contribution in [2.45, 2.75) is 13.5 Å². The Morgan fingerprint density at radius 2 is 2.17 bits per heavy atom. The van der Waals surface area contributed by atoms with E-state index in [0.717, 1.165) is 12.3 Å². The van der Waals surface area contributed by atoms with E-state index < -0.39 is 4.92 Å². The minimum atomic E-state index is -0.411. The zero-order chi connectivity index (χ0) is 13.0. The highest BCUT2D eigenvalue weighted by Gasteiger charge is 2.09. The molecule has 0 bridgehead atoms. The van der Waals surface area contributed by atoms with E-state index in [4.69, 9.17) is 4.42 Å². The maximum Gasteiger partial charge on any atom is 0.270 e. The predicted octanol–water partition coefficient (Wildman–Crippen LogP) is 2.96. The first-order chi connectivity index (χ1) is 8.70. The molecular formula is C13H14N2O3. The van der Waals surface area contributed by atoms with E-state index in [1.165, 1.54) is 12.1 Å². The van der Waals surface area contributed by atoms with Crippen LogP contribution in [0.1, 0.15) is 12.7 Å². The first-order valence-electron chi connectivity index (χ1n) is 5.75. The van der Waals surface area contributed by atoms with Crippen LogP contribution in [0, 0.1) is 10.1 Å². The zero-order valence-corrected chi connectivity index (χ0v) is 10.1. The van der Waals surface area contributed by atoms with E-state index in [-0.39, 0.29) is 5.69 Å². The quantitative estimate of drug-likeness (QED) is 0.650. The minimum absolute atomic E-state index is 0.0668. The van der Waals surface area contributed by atoms with Gasteiger partial charge in [0, 0.05) is 17.7 Å². The van der Waals surface area contributed by atoms with Crippen LogP contribution in [0.4, 0.5) is 5.69 Å². The molecule has 0 aliphatic carbocycles. The first kappa shape index (κ1) is 12.3. The standard InChI is InChI=1S/C13H14N2O3/c1-2-14-9-12-6-7-13(18-12)10-4-3-5-11(8-10)15(16)17/h3-8,14H,2,9H2,1H3. The average Bonchev–Trinajstić information content (AvgIpc) is 2.85. The molecule has 1 aromatic heterocycles. The number of hydrogen-bond donors (Lipinski definition) is 1. The van der Waals surface area contributed by atoms with Crippen LogP contribution >= 0.6 is 0 Å². The fraction of sp³-hybridized carbons (Fsp3) is 0.231.